The number of rotatable bonds is 10. The number of aromatic amines is 2. The first-order valence-corrected chi connectivity index (χ1v) is 18.4. The van der Waals surface area contributed by atoms with Gasteiger partial charge in [-0.05, 0) is 81.4 Å². The van der Waals surface area contributed by atoms with Crippen LogP contribution in [0.2, 0.25) is 0 Å². The minimum atomic E-state index is -1.74. The molecule has 11 nitrogen and oxygen atoms in total. The van der Waals surface area contributed by atoms with Gasteiger partial charge in [0.05, 0.1) is 46.5 Å². The molecule has 2 aromatic heterocycles. The van der Waals surface area contributed by atoms with Crippen LogP contribution < -0.4 is 0 Å². The molecule has 8 bridgehead atoms. The van der Waals surface area contributed by atoms with Gasteiger partial charge in [0, 0.05) is 41.7 Å². The summed E-state index contributed by atoms with van der Waals surface area (Å²) in [6, 6.07) is 5.45. The molecule has 0 saturated heterocycles. The first kappa shape index (κ1) is 36.4. The maximum absolute atomic E-state index is 14.7. The molecule has 4 aliphatic heterocycles. The summed E-state index contributed by atoms with van der Waals surface area (Å²) in [5.41, 5.74) is 4.15. The molecule has 4 aliphatic rings. The predicted octanol–water partition coefficient (Wildman–Crippen LogP) is 7.21. The summed E-state index contributed by atoms with van der Waals surface area (Å²) in [5, 5.41) is 24.0. The van der Waals surface area contributed by atoms with Crippen molar-refractivity contribution in [3.63, 3.8) is 0 Å². The van der Waals surface area contributed by atoms with Gasteiger partial charge in [0.15, 0.2) is 0 Å². The van der Waals surface area contributed by atoms with Crippen LogP contribution in [0.1, 0.15) is 165 Å². The second-order valence-electron chi connectivity index (χ2n) is 14.6. The normalized spacial score (nSPS) is 23.6. The number of amides is 2. The molecule has 0 fully saturated rings. The predicted molar refractivity (Wildman–Crippen MR) is 195 cm³/mol. The number of allylic oxidation sites excluding steroid dienone is 2. The molecule has 2 amide bonds. The highest BCUT2D eigenvalue weighted by atomic mass is 16.5. The Morgan fingerprint density at radius 2 is 1.69 bits per heavy atom. The van der Waals surface area contributed by atoms with E-state index >= 15 is 0 Å². The van der Waals surface area contributed by atoms with Gasteiger partial charge in [0.25, 0.3) is 11.8 Å². The largest absolute Gasteiger partial charge is 0.469 e. The smallest absolute Gasteiger partial charge is 0.305 e. The van der Waals surface area contributed by atoms with Crippen molar-refractivity contribution in [2.75, 3.05) is 13.7 Å². The fourth-order valence-corrected chi connectivity index (χ4v) is 8.23. The van der Waals surface area contributed by atoms with Gasteiger partial charge in [-0.25, -0.2) is 4.98 Å². The van der Waals surface area contributed by atoms with Crippen molar-refractivity contribution < 1.29 is 29.3 Å². The molecule has 4 N–H and O–H groups in total. The maximum atomic E-state index is 14.7. The first-order valence-electron chi connectivity index (χ1n) is 18.4. The van der Waals surface area contributed by atoms with Crippen LogP contribution in [0.3, 0.4) is 0 Å². The zero-order chi connectivity index (χ0) is 37.0. The number of fused-ring (bicyclic) bond motifs is 8. The van der Waals surface area contributed by atoms with E-state index in [1.54, 1.807) is 26.0 Å². The Morgan fingerprint density at radius 3 is 2.35 bits per heavy atom. The second-order valence-corrected chi connectivity index (χ2v) is 14.6. The van der Waals surface area contributed by atoms with Gasteiger partial charge >= 0.3 is 5.97 Å². The van der Waals surface area contributed by atoms with Crippen LogP contribution >= 0.6 is 0 Å². The molecule has 51 heavy (non-hydrogen) atoms. The third-order valence-corrected chi connectivity index (χ3v) is 11.7. The van der Waals surface area contributed by atoms with E-state index < -0.39 is 17.1 Å². The summed E-state index contributed by atoms with van der Waals surface area (Å²) >= 11 is 0. The van der Waals surface area contributed by atoms with Crippen molar-refractivity contribution >= 4 is 40.0 Å². The minimum absolute atomic E-state index is 0.133. The van der Waals surface area contributed by atoms with Gasteiger partial charge in [-0.3, -0.25) is 24.3 Å². The van der Waals surface area contributed by atoms with Crippen molar-refractivity contribution in [2.45, 2.75) is 123 Å². The maximum Gasteiger partial charge on any atom is 0.305 e. The Labute approximate surface area is 299 Å². The lowest BCUT2D eigenvalue weighted by atomic mass is 9.80. The number of carbonyl (C=O) groups is 3. The average Bonchev–Trinajstić information content (AvgIpc) is 3.74. The fourth-order valence-electron chi connectivity index (χ4n) is 8.23. The molecular formula is C40H51N5O6. The highest BCUT2D eigenvalue weighted by Crippen LogP contribution is 2.48. The molecule has 6 rings (SSSR count). The Kier molecular flexibility index (Phi) is 9.75. The molecule has 0 spiro atoms. The van der Waals surface area contributed by atoms with Crippen molar-refractivity contribution in [1.29, 1.82) is 0 Å². The van der Waals surface area contributed by atoms with E-state index in [1.165, 1.54) is 12.0 Å². The number of imide groups is 1. The number of carbonyl (C=O) groups excluding carboxylic acids is 3. The zero-order valence-corrected chi connectivity index (χ0v) is 31.1. The molecule has 4 atom stereocenters. The minimum Gasteiger partial charge on any atom is -0.469 e. The number of aliphatic hydroxyl groups is 2. The van der Waals surface area contributed by atoms with Crippen LogP contribution in [0.5, 0.6) is 0 Å². The topological polar surface area (TPSA) is 162 Å². The van der Waals surface area contributed by atoms with E-state index in [0.29, 0.717) is 58.4 Å². The number of methoxy groups -OCH3 is 1. The number of esters is 1. The number of aromatic nitrogens is 4. The molecule has 0 aromatic carbocycles. The van der Waals surface area contributed by atoms with Gasteiger partial charge in [0.1, 0.15) is 11.2 Å². The van der Waals surface area contributed by atoms with Gasteiger partial charge in [-0.2, -0.15) is 0 Å². The number of nitrogens with one attached hydrogen (secondary N) is 2. The van der Waals surface area contributed by atoms with Crippen LogP contribution in [0.25, 0.3) is 22.2 Å². The van der Waals surface area contributed by atoms with Crippen molar-refractivity contribution in [2.24, 2.45) is 0 Å². The Balaban J connectivity index is 1.75. The van der Waals surface area contributed by atoms with Crippen molar-refractivity contribution in [1.82, 2.24) is 24.8 Å². The van der Waals surface area contributed by atoms with E-state index in [0.717, 1.165) is 41.8 Å². The number of ether oxygens (including phenoxy) is 1. The second kappa shape index (κ2) is 13.7. The van der Waals surface area contributed by atoms with Gasteiger partial charge in [0.2, 0.25) is 0 Å². The molecule has 2 aromatic rings. The quantitative estimate of drug-likeness (QED) is 0.115. The lowest BCUT2D eigenvalue weighted by Gasteiger charge is -2.34. The van der Waals surface area contributed by atoms with Crippen LogP contribution in [-0.4, -0.2) is 66.5 Å². The van der Waals surface area contributed by atoms with Crippen LogP contribution in [0.15, 0.2) is 18.2 Å². The molecule has 6 heterocycles. The lowest BCUT2D eigenvalue weighted by molar-refractivity contribution is -0.149. The van der Waals surface area contributed by atoms with E-state index in [4.69, 9.17) is 14.7 Å². The SMILES string of the molecule is CCCCCCN1C(=O)c2c3[nH]c(cc4nc(cc5nc(cc6[nH]c2c(c6C)C1=O)C(O)(CC)C5(C)O)C(CC)=C4C)[C@@H](C)[C@@H]3CCC(=O)OC. The zero-order valence-electron chi connectivity index (χ0n) is 31.1. The van der Waals surface area contributed by atoms with Crippen molar-refractivity contribution in [3.05, 3.63) is 69.1 Å². The summed E-state index contributed by atoms with van der Waals surface area (Å²) < 4.78 is 5.01. The first-order chi connectivity index (χ1) is 24.2. The molecule has 2 unspecified atom stereocenters. The summed E-state index contributed by atoms with van der Waals surface area (Å²) in [7, 11) is 1.37. The molecule has 0 saturated carbocycles. The molecular weight excluding hydrogens is 646 g/mol. The summed E-state index contributed by atoms with van der Waals surface area (Å²) in [6.45, 7) is 13.7. The monoisotopic (exact) mass is 697 g/mol. The van der Waals surface area contributed by atoms with Gasteiger partial charge < -0.3 is 24.9 Å². The van der Waals surface area contributed by atoms with E-state index in [1.807, 2.05) is 19.9 Å². The highest BCUT2D eigenvalue weighted by Gasteiger charge is 2.53. The summed E-state index contributed by atoms with van der Waals surface area (Å²) in [5.74, 6) is -1.52. The number of hydrogen-bond donors (Lipinski definition) is 4. The molecule has 0 aliphatic carbocycles. The third kappa shape index (κ3) is 5.78. The number of aryl methyl sites for hydroxylation is 1. The average molecular weight is 698 g/mol. The van der Waals surface area contributed by atoms with E-state index in [-0.39, 0.29) is 54.5 Å². The number of H-pyrrole nitrogens is 2. The highest BCUT2D eigenvalue weighted by molar-refractivity contribution is 6.23. The van der Waals surface area contributed by atoms with Crippen LogP contribution in [0.4, 0.5) is 0 Å². The fraction of sp³-hybridized carbons (Fsp3) is 0.525. The molecule has 0 radical (unpaired) electrons. The molecule has 272 valence electrons. The van der Waals surface area contributed by atoms with E-state index in [2.05, 4.69) is 30.7 Å². The van der Waals surface area contributed by atoms with E-state index in [9.17, 15) is 24.6 Å². The Hall–Kier alpha value is -4.35. The van der Waals surface area contributed by atoms with Crippen LogP contribution in [-0.2, 0) is 20.7 Å². The number of unbranched alkanes of at least 4 members (excludes halogenated alkanes) is 3. The van der Waals surface area contributed by atoms with Gasteiger partial charge in [-0.15, -0.1) is 0 Å². The van der Waals surface area contributed by atoms with Crippen LogP contribution in [0, 0.1) is 6.92 Å². The van der Waals surface area contributed by atoms with Gasteiger partial charge in [-0.1, -0.05) is 47.0 Å². The third-order valence-electron chi connectivity index (χ3n) is 11.7. The lowest BCUT2D eigenvalue weighted by Crippen LogP contribution is -2.43. The number of nitrogens with zero attached hydrogens (tertiary/aromatic N) is 3. The standard InChI is InChI=1S/C40H51N5O6/c1-9-12-13-14-17-45-37(47)33-23(6)28-19-31-40(50,11-3)39(7,49)30(44-31)20-29-24(10-2)21(4)26(41-29)18-27-22(5)25(15-16-32(46)51-8)35(42-27)34(38(45)48)36(33)43-28/h18-20,22,25,42-43,49-50H,9-17H2,1-8H3/t22-,25-,39?,40?/m0/s1. The summed E-state index contributed by atoms with van der Waals surface area (Å²) in [6.07, 6.45) is 5.02. The summed E-state index contributed by atoms with van der Waals surface area (Å²) in [4.78, 5) is 59.6. The van der Waals surface area contributed by atoms with Crippen molar-refractivity contribution in [3.8, 4) is 0 Å². The Morgan fingerprint density at radius 1 is 0.961 bits per heavy atom. The Bertz CT molecular complexity index is 2020. The number of hydrogen-bond acceptors (Lipinski definition) is 8. The molecule has 11 heteroatoms.